The zero-order valence-electron chi connectivity index (χ0n) is 4.71. The Kier molecular flexibility index (Phi) is 2.08. The van der Waals surface area contributed by atoms with E-state index in [0.717, 1.165) is 0 Å². The lowest BCUT2D eigenvalue weighted by Crippen LogP contribution is -2.18. The SMILES string of the molecule is O=C(O)C1CCOC1Br. The highest BCUT2D eigenvalue weighted by Crippen LogP contribution is 2.25. The van der Waals surface area contributed by atoms with Crippen LogP contribution < -0.4 is 0 Å². The molecular formula is C5H7BrO3. The van der Waals surface area contributed by atoms with Crippen molar-refractivity contribution in [2.45, 2.75) is 11.4 Å². The van der Waals surface area contributed by atoms with Gasteiger partial charge in [-0.15, -0.1) is 0 Å². The molecule has 2 unspecified atom stereocenters. The highest BCUT2D eigenvalue weighted by atomic mass is 79.9. The van der Waals surface area contributed by atoms with Gasteiger partial charge >= 0.3 is 5.97 Å². The van der Waals surface area contributed by atoms with E-state index in [0.29, 0.717) is 13.0 Å². The molecule has 0 aromatic heterocycles. The third-order valence-corrected chi connectivity index (χ3v) is 2.24. The van der Waals surface area contributed by atoms with Crippen LogP contribution in [0.1, 0.15) is 6.42 Å². The standard InChI is InChI=1S/C5H7BrO3/c6-4-3(5(7)8)1-2-9-4/h3-4H,1-2H2,(H,7,8). The predicted octanol–water partition coefficient (Wildman–Crippen LogP) is 0.829. The molecule has 1 fully saturated rings. The molecule has 4 heteroatoms. The minimum absolute atomic E-state index is 0.282. The first kappa shape index (κ1) is 7.02. The lowest BCUT2D eigenvalue weighted by atomic mass is 10.1. The molecule has 2 atom stereocenters. The summed E-state index contributed by atoms with van der Waals surface area (Å²) in [6, 6.07) is 0. The summed E-state index contributed by atoms with van der Waals surface area (Å²) in [7, 11) is 0. The third kappa shape index (κ3) is 1.43. The van der Waals surface area contributed by atoms with Crippen molar-refractivity contribution in [1.82, 2.24) is 0 Å². The number of hydrogen-bond donors (Lipinski definition) is 1. The Morgan fingerprint density at radius 2 is 2.44 bits per heavy atom. The summed E-state index contributed by atoms with van der Waals surface area (Å²) in [6.45, 7) is 0.548. The number of alkyl halides is 1. The highest BCUT2D eigenvalue weighted by Gasteiger charge is 2.31. The molecule has 0 aliphatic carbocycles. The van der Waals surface area contributed by atoms with Gasteiger partial charge in [0.1, 0.15) is 5.01 Å². The smallest absolute Gasteiger partial charge is 0.310 e. The number of carboxylic acid groups (broad SMARTS) is 1. The van der Waals surface area contributed by atoms with Crippen molar-refractivity contribution in [1.29, 1.82) is 0 Å². The van der Waals surface area contributed by atoms with Gasteiger partial charge in [0, 0.05) is 6.61 Å². The molecule has 1 N–H and O–H groups in total. The summed E-state index contributed by atoms with van der Waals surface area (Å²) >= 11 is 3.10. The van der Waals surface area contributed by atoms with E-state index in [2.05, 4.69) is 15.9 Å². The molecule has 1 heterocycles. The molecule has 0 saturated carbocycles. The van der Waals surface area contributed by atoms with E-state index >= 15 is 0 Å². The topological polar surface area (TPSA) is 46.5 Å². The fraction of sp³-hybridized carbons (Fsp3) is 0.800. The second-order valence-corrected chi connectivity index (χ2v) is 2.86. The van der Waals surface area contributed by atoms with E-state index in [-0.39, 0.29) is 10.9 Å². The van der Waals surface area contributed by atoms with Crippen LogP contribution in [0.5, 0.6) is 0 Å². The summed E-state index contributed by atoms with van der Waals surface area (Å²) in [5.41, 5.74) is 0. The first-order valence-electron chi connectivity index (χ1n) is 2.70. The molecule has 1 saturated heterocycles. The van der Waals surface area contributed by atoms with Crippen LogP contribution in [-0.2, 0) is 9.53 Å². The second-order valence-electron chi connectivity index (χ2n) is 1.96. The number of carboxylic acids is 1. The van der Waals surface area contributed by atoms with Crippen LogP contribution in [0.15, 0.2) is 0 Å². The highest BCUT2D eigenvalue weighted by molar-refractivity contribution is 9.09. The fourth-order valence-electron chi connectivity index (χ4n) is 0.790. The van der Waals surface area contributed by atoms with Crippen LogP contribution in [0.2, 0.25) is 0 Å². The van der Waals surface area contributed by atoms with Crippen molar-refractivity contribution in [2.75, 3.05) is 6.61 Å². The molecule has 0 aromatic rings. The van der Waals surface area contributed by atoms with E-state index in [1.165, 1.54) is 0 Å². The molecule has 3 nitrogen and oxygen atoms in total. The van der Waals surface area contributed by atoms with Gasteiger partial charge in [-0.3, -0.25) is 4.79 Å². The maximum atomic E-state index is 10.3. The van der Waals surface area contributed by atoms with Gasteiger partial charge in [-0.05, 0) is 6.42 Å². The maximum Gasteiger partial charge on any atom is 0.310 e. The largest absolute Gasteiger partial charge is 0.481 e. The van der Waals surface area contributed by atoms with Crippen LogP contribution in [0.25, 0.3) is 0 Å². The molecule has 1 rings (SSSR count). The fourth-order valence-corrected chi connectivity index (χ4v) is 1.47. The monoisotopic (exact) mass is 194 g/mol. The summed E-state index contributed by atoms with van der Waals surface area (Å²) in [4.78, 5) is 10.3. The van der Waals surface area contributed by atoms with Crippen LogP contribution in [0.4, 0.5) is 0 Å². The van der Waals surface area contributed by atoms with Gasteiger partial charge in [0.25, 0.3) is 0 Å². The summed E-state index contributed by atoms with van der Waals surface area (Å²) in [5, 5.41) is 8.19. The maximum absolute atomic E-state index is 10.3. The molecule has 52 valence electrons. The Hall–Kier alpha value is -0.0900. The quantitative estimate of drug-likeness (QED) is 0.630. The van der Waals surface area contributed by atoms with Crippen LogP contribution in [0.3, 0.4) is 0 Å². The number of carbonyl (C=O) groups is 1. The van der Waals surface area contributed by atoms with Crippen LogP contribution in [-0.4, -0.2) is 22.7 Å². The molecular weight excluding hydrogens is 188 g/mol. The van der Waals surface area contributed by atoms with Crippen molar-refractivity contribution in [2.24, 2.45) is 5.92 Å². The number of ether oxygens (including phenoxy) is 1. The average Bonchev–Trinajstić information content (AvgIpc) is 2.13. The average molecular weight is 195 g/mol. The van der Waals surface area contributed by atoms with E-state index in [1.807, 2.05) is 0 Å². The van der Waals surface area contributed by atoms with Gasteiger partial charge in [-0.1, -0.05) is 15.9 Å². The van der Waals surface area contributed by atoms with Crippen LogP contribution >= 0.6 is 15.9 Å². The Morgan fingerprint density at radius 3 is 2.67 bits per heavy atom. The molecule has 0 aromatic carbocycles. The zero-order chi connectivity index (χ0) is 6.85. The van der Waals surface area contributed by atoms with Crippen molar-refractivity contribution < 1.29 is 14.6 Å². The molecule has 1 aliphatic rings. The lowest BCUT2D eigenvalue weighted by molar-refractivity contribution is -0.142. The Bertz CT molecular complexity index is 125. The van der Waals surface area contributed by atoms with Gasteiger partial charge in [0.05, 0.1) is 5.92 Å². The molecule has 1 aliphatic heterocycles. The summed E-state index contributed by atoms with van der Waals surface area (Å²) < 4.78 is 4.96. The van der Waals surface area contributed by atoms with Crippen LogP contribution in [0, 0.1) is 5.92 Å². The van der Waals surface area contributed by atoms with E-state index < -0.39 is 5.97 Å². The minimum atomic E-state index is -0.783. The number of halogens is 1. The lowest BCUT2D eigenvalue weighted by Gasteiger charge is -2.04. The molecule has 0 spiro atoms. The van der Waals surface area contributed by atoms with Crippen molar-refractivity contribution in [3.05, 3.63) is 0 Å². The summed E-state index contributed by atoms with van der Waals surface area (Å²) in [6.07, 6.45) is 0.616. The molecule has 0 bridgehead atoms. The van der Waals surface area contributed by atoms with Crippen molar-refractivity contribution >= 4 is 21.9 Å². The summed E-state index contributed by atoms with van der Waals surface area (Å²) in [5.74, 6) is -1.14. The van der Waals surface area contributed by atoms with Gasteiger partial charge in [-0.25, -0.2) is 0 Å². The zero-order valence-corrected chi connectivity index (χ0v) is 6.30. The number of aliphatic carboxylic acids is 1. The predicted molar refractivity (Wildman–Crippen MR) is 34.4 cm³/mol. The number of hydrogen-bond acceptors (Lipinski definition) is 2. The molecule has 9 heavy (non-hydrogen) atoms. The van der Waals surface area contributed by atoms with Gasteiger partial charge in [-0.2, -0.15) is 0 Å². The van der Waals surface area contributed by atoms with Gasteiger partial charge in [0.2, 0.25) is 0 Å². The normalized spacial score (nSPS) is 34.8. The van der Waals surface area contributed by atoms with E-state index in [9.17, 15) is 4.79 Å². The third-order valence-electron chi connectivity index (χ3n) is 1.34. The Labute approximate surface area is 61.1 Å². The van der Waals surface area contributed by atoms with Crippen molar-refractivity contribution in [3.63, 3.8) is 0 Å². The van der Waals surface area contributed by atoms with Crippen molar-refractivity contribution in [3.8, 4) is 0 Å². The Morgan fingerprint density at radius 1 is 1.78 bits per heavy atom. The first-order valence-corrected chi connectivity index (χ1v) is 3.62. The molecule has 0 amide bonds. The second kappa shape index (κ2) is 2.66. The van der Waals surface area contributed by atoms with Gasteiger partial charge < -0.3 is 9.84 Å². The Balaban J connectivity index is 2.49. The number of rotatable bonds is 1. The van der Waals surface area contributed by atoms with Gasteiger partial charge in [0.15, 0.2) is 0 Å². The minimum Gasteiger partial charge on any atom is -0.481 e. The molecule has 0 radical (unpaired) electrons. The van der Waals surface area contributed by atoms with E-state index in [1.54, 1.807) is 0 Å². The first-order chi connectivity index (χ1) is 4.22. The van der Waals surface area contributed by atoms with E-state index in [4.69, 9.17) is 9.84 Å².